The predicted octanol–water partition coefficient (Wildman–Crippen LogP) is 1.85. The van der Waals surface area contributed by atoms with Gasteiger partial charge in [0.25, 0.3) is 0 Å². The number of nitrogens with zero attached hydrogens (tertiary/aromatic N) is 1. The molecule has 0 atom stereocenters. The Morgan fingerprint density at radius 3 is 2.44 bits per heavy atom. The molecular weight excluding hydrogens is 324 g/mol. The fourth-order valence-corrected chi connectivity index (χ4v) is 2.65. The highest BCUT2D eigenvalue weighted by atomic mass is 16.4. The third-order valence-corrected chi connectivity index (χ3v) is 3.99. The molecule has 1 heterocycles. The largest absolute Gasteiger partial charge is 0.481 e. The Hall–Kier alpha value is -2.77. The van der Waals surface area contributed by atoms with Gasteiger partial charge in [-0.1, -0.05) is 18.2 Å². The molecule has 0 bridgehead atoms. The van der Waals surface area contributed by atoms with Gasteiger partial charge in [-0.05, 0) is 31.4 Å². The molecule has 4 N–H and O–H groups in total. The van der Waals surface area contributed by atoms with Crippen molar-refractivity contribution in [2.24, 2.45) is 0 Å². The van der Waals surface area contributed by atoms with Gasteiger partial charge >= 0.3 is 18.0 Å². The van der Waals surface area contributed by atoms with Gasteiger partial charge in [-0.2, -0.15) is 0 Å². The van der Waals surface area contributed by atoms with Crippen LogP contribution in [0.5, 0.6) is 0 Å². The minimum atomic E-state index is -0.866. The molecule has 1 fully saturated rings. The number of aliphatic carboxylic acids is 1. The number of hydrogen-bond acceptors (Lipinski definition) is 3. The Kier molecular flexibility index (Phi) is 7.06. The van der Waals surface area contributed by atoms with Gasteiger partial charge in [0.2, 0.25) is 0 Å². The van der Waals surface area contributed by atoms with Crippen LogP contribution in [0.1, 0.15) is 25.7 Å². The molecule has 1 aromatic rings. The van der Waals surface area contributed by atoms with Gasteiger partial charge < -0.3 is 26.0 Å². The maximum Gasteiger partial charge on any atom is 0.319 e. The van der Waals surface area contributed by atoms with Crippen LogP contribution in [-0.2, 0) is 4.79 Å². The van der Waals surface area contributed by atoms with Crippen molar-refractivity contribution >= 4 is 23.7 Å². The van der Waals surface area contributed by atoms with Crippen LogP contribution in [0.2, 0.25) is 0 Å². The summed E-state index contributed by atoms with van der Waals surface area (Å²) in [7, 11) is 0. The molecular formula is C17H24N4O4. The number of amides is 4. The molecule has 1 aromatic carbocycles. The van der Waals surface area contributed by atoms with Crippen LogP contribution in [-0.4, -0.2) is 53.7 Å². The van der Waals surface area contributed by atoms with Crippen molar-refractivity contribution in [3.05, 3.63) is 30.3 Å². The molecule has 0 radical (unpaired) electrons. The summed E-state index contributed by atoms with van der Waals surface area (Å²) in [5.74, 6) is -0.866. The average Bonchev–Trinajstić information content (AvgIpc) is 2.60. The lowest BCUT2D eigenvalue weighted by Gasteiger charge is -2.32. The summed E-state index contributed by atoms with van der Waals surface area (Å²) in [4.78, 5) is 36.1. The summed E-state index contributed by atoms with van der Waals surface area (Å²) < 4.78 is 0. The highest BCUT2D eigenvalue weighted by Crippen LogP contribution is 2.11. The lowest BCUT2D eigenvalue weighted by Crippen LogP contribution is -2.50. The van der Waals surface area contributed by atoms with E-state index in [0.717, 1.165) is 5.69 Å². The summed E-state index contributed by atoms with van der Waals surface area (Å²) in [5.41, 5.74) is 0.734. The maximum absolute atomic E-state index is 12.0. The first-order valence-corrected chi connectivity index (χ1v) is 8.42. The Morgan fingerprint density at radius 1 is 1.12 bits per heavy atom. The van der Waals surface area contributed by atoms with Crippen molar-refractivity contribution in [1.82, 2.24) is 15.5 Å². The van der Waals surface area contributed by atoms with E-state index in [1.165, 1.54) is 0 Å². The minimum Gasteiger partial charge on any atom is -0.481 e. The number of benzene rings is 1. The first-order valence-electron chi connectivity index (χ1n) is 8.42. The number of carboxylic acids is 1. The van der Waals surface area contributed by atoms with Crippen molar-refractivity contribution in [2.45, 2.75) is 31.7 Å². The SMILES string of the molecule is O=C(O)CCCNC(=O)N1CCC(NC(=O)Nc2ccccc2)CC1. The molecule has 0 saturated carbocycles. The molecule has 0 unspecified atom stereocenters. The second kappa shape index (κ2) is 9.51. The summed E-state index contributed by atoms with van der Waals surface area (Å²) in [5, 5.41) is 17.0. The Balaban J connectivity index is 1.64. The highest BCUT2D eigenvalue weighted by Gasteiger charge is 2.23. The number of carbonyl (C=O) groups is 3. The van der Waals surface area contributed by atoms with E-state index in [-0.39, 0.29) is 24.5 Å². The summed E-state index contributed by atoms with van der Waals surface area (Å²) >= 11 is 0. The molecule has 2 rings (SSSR count). The van der Waals surface area contributed by atoms with E-state index in [2.05, 4.69) is 16.0 Å². The molecule has 136 valence electrons. The number of nitrogens with one attached hydrogen (secondary N) is 3. The van der Waals surface area contributed by atoms with Crippen LogP contribution in [0.3, 0.4) is 0 Å². The van der Waals surface area contributed by atoms with Crippen LogP contribution in [0.15, 0.2) is 30.3 Å². The number of urea groups is 2. The minimum absolute atomic E-state index is 0.0276. The Bertz CT molecular complexity index is 586. The van der Waals surface area contributed by atoms with Gasteiger partial charge in [0.1, 0.15) is 0 Å². The maximum atomic E-state index is 12.0. The van der Waals surface area contributed by atoms with Crippen molar-refractivity contribution in [3.63, 3.8) is 0 Å². The monoisotopic (exact) mass is 348 g/mol. The normalized spacial score (nSPS) is 14.6. The van der Waals surface area contributed by atoms with E-state index >= 15 is 0 Å². The van der Waals surface area contributed by atoms with Gasteiger partial charge in [0, 0.05) is 37.8 Å². The van der Waals surface area contributed by atoms with E-state index in [4.69, 9.17) is 5.11 Å². The Morgan fingerprint density at radius 2 is 1.80 bits per heavy atom. The first kappa shape index (κ1) is 18.6. The predicted molar refractivity (Wildman–Crippen MR) is 93.5 cm³/mol. The van der Waals surface area contributed by atoms with Crippen molar-refractivity contribution in [2.75, 3.05) is 25.0 Å². The second-order valence-electron chi connectivity index (χ2n) is 5.96. The number of anilines is 1. The molecule has 4 amide bonds. The first-order chi connectivity index (χ1) is 12.0. The van der Waals surface area contributed by atoms with Crippen LogP contribution in [0.4, 0.5) is 15.3 Å². The van der Waals surface area contributed by atoms with Gasteiger partial charge in [-0.25, -0.2) is 9.59 Å². The molecule has 8 nitrogen and oxygen atoms in total. The van der Waals surface area contributed by atoms with Gasteiger partial charge in [0.15, 0.2) is 0 Å². The van der Waals surface area contributed by atoms with Gasteiger partial charge in [-0.3, -0.25) is 4.79 Å². The molecule has 1 aliphatic rings. The van der Waals surface area contributed by atoms with Crippen molar-refractivity contribution in [3.8, 4) is 0 Å². The van der Waals surface area contributed by atoms with E-state index in [9.17, 15) is 14.4 Å². The van der Waals surface area contributed by atoms with Crippen LogP contribution in [0.25, 0.3) is 0 Å². The number of para-hydroxylation sites is 1. The average molecular weight is 348 g/mol. The number of hydrogen-bond donors (Lipinski definition) is 4. The van der Waals surface area contributed by atoms with Crippen molar-refractivity contribution < 1.29 is 19.5 Å². The third-order valence-electron chi connectivity index (χ3n) is 3.99. The quantitative estimate of drug-likeness (QED) is 0.588. The smallest absolute Gasteiger partial charge is 0.319 e. The van der Waals surface area contributed by atoms with E-state index < -0.39 is 5.97 Å². The van der Waals surface area contributed by atoms with Gasteiger partial charge in [-0.15, -0.1) is 0 Å². The van der Waals surface area contributed by atoms with Gasteiger partial charge in [0.05, 0.1) is 0 Å². The number of likely N-dealkylation sites (tertiary alicyclic amines) is 1. The second-order valence-corrected chi connectivity index (χ2v) is 5.96. The van der Waals surface area contributed by atoms with Crippen molar-refractivity contribution in [1.29, 1.82) is 0 Å². The summed E-state index contributed by atoms with van der Waals surface area (Å²) in [6, 6.07) is 8.81. The molecule has 1 aliphatic heterocycles. The zero-order valence-corrected chi connectivity index (χ0v) is 14.0. The summed E-state index contributed by atoms with van der Waals surface area (Å²) in [6.45, 7) is 1.46. The third kappa shape index (κ3) is 6.70. The molecule has 0 aliphatic carbocycles. The summed E-state index contributed by atoms with van der Waals surface area (Å²) in [6.07, 6.45) is 1.83. The van der Waals surface area contributed by atoms with E-state index in [0.29, 0.717) is 38.9 Å². The molecule has 0 aromatic heterocycles. The Labute approximate surface area is 146 Å². The van der Waals surface area contributed by atoms with E-state index in [1.54, 1.807) is 4.90 Å². The van der Waals surface area contributed by atoms with Crippen LogP contribution in [0, 0.1) is 0 Å². The highest BCUT2D eigenvalue weighted by molar-refractivity contribution is 5.89. The number of carbonyl (C=O) groups excluding carboxylic acids is 2. The number of carboxylic acid groups (broad SMARTS) is 1. The molecule has 1 saturated heterocycles. The fraction of sp³-hybridized carbons (Fsp3) is 0.471. The van der Waals surface area contributed by atoms with E-state index in [1.807, 2.05) is 30.3 Å². The molecule has 0 spiro atoms. The van der Waals surface area contributed by atoms with Crippen LogP contribution < -0.4 is 16.0 Å². The topological polar surface area (TPSA) is 111 Å². The zero-order chi connectivity index (χ0) is 18.1. The zero-order valence-electron chi connectivity index (χ0n) is 14.0. The lowest BCUT2D eigenvalue weighted by atomic mass is 10.1. The van der Waals surface area contributed by atoms with Crippen LogP contribution >= 0.6 is 0 Å². The molecule has 25 heavy (non-hydrogen) atoms. The molecule has 8 heteroatoms. The lowest BCUT2D eigenvalue weighted by molar-refractivity contribution is -0.137. The number of rotatable bonds is 6. The standard InChI is InChI=1S/C17H24N4O4/c22-15(23)7-4-10-18-17(25)21-11-8-14(9-12-21)20-16(24)19-13-5-2-1-3-6-13/h1-3,5-6,14H,4,7-12H2,(H,18,25)(H,22,23)(H2,19,20,24). The fourth-order valence-electron chi connectivity index (χ4n) is 2.65. The number of piperidine rings is 1.